The van der Waals surface area contributed by atoms with E-state index in [0.29, 0.717) is 12.0 Å². The molecular weight excluding hydrogens is 496 g/mol. The number of likely N-dealkylation sites (N-methyl/N-ethyl adjacent to an activating group) is 1. The van der Waals surface area contributed by atoms with Crippen molar-refractivity contribution in [2.45, 2.75) is 38.8 Å². The molecule has 3 N–H and O–H groups in total. The lowest BCUT2D eigenvalue weighted by molar-refractivity contribution is 0.0505. The highest BCUT2D eigenvalue weighted by Gasteiger charge is 2.23. The zero-order chi connectivity index (χ0) is 27.2. The largest absolute Gasteiger partial charge is 0.444 e. The van der Waals surface area contributed by atoms with Gasteiger partial charge in [0.05, 0.1) is 12.3 Å². The van der Waals surface area contributed by atoms with Gasteiger partial charge in [-0.05, 0) is 44.9 Å². The molecule has 3 aromatic rings. The number of aromatic nitrogens is 3. The lowest BCUT2D eigenvalue weighted by Crippen LogP contribution is -2.46. The Morgan fingerprint density at radius 3 is 2.38 bits per heavy atom. The fourth-order valence-electron chi connectivity index (χ4n) is 3.59. The van der Waals surface area contributed by atoms with Crippen LogP contribution in [0, 0.1) is 0 Å². The highest BCUT2D eigenvalue weighted by atomic mass is 32.2. The Balaban J connectivity index is 1.94. The highest BCUT2D eigenvalue weighted by Crippen LogP contribution is 2.25. The van der Waals surface area contributed by atoms with E-state index in [1.165, 1.54) is 12.4 Å². The minimum Gasteiger partial charge on any atom is -0.444 e. The third-order valence-corrected chi connectivity index (χ3v) is 5.62. The Morgan fingerprint density at radius 2 is 1.78 bits per heavy atom. The summed E-state index contributed by atoms with van der Waals surface area (Å²) in [5.74, 6) is 0.194. The molecule has 198 valence electrons. The van der Waals surface area contributed by atoms with E-state index in [9.17, 15) is 18.0 Å². The number of nitrogens with one attached hydrogen (secondary N) is 3. The second kappa shape index (κ2) is 11.4. The summed E-state index contributed by atoms with van der Waals surface area (Å²) < 4.78 is 31.5. The standard InChI is InChI=1S/C25H32N6O5S/c1-25(2,3)36-24(33)27-19(15-17-9-7-6-8-10-17)16-31(4)23-28-20(18-11-13-26-14-12-18)21(22(32)29-23)30-37(5,34)35/h6-14,19,30H,15-16H2,1-5H3,(H,27,33)(H,28,29,32)/t19-/m0/s1. The maximum absolute atomic E-state index is 13.0. The Labute approximate surface area is 216 Å². The summed E-state index contributed by atoms with van der Waals surface area (Å²) in [6, 6.07) is 12.5. The van der Waals surface area contributed by atoms with E-state index in [4.69, 9.17) is 4.74 Å². The minimum atomic E-state index is -3.75. The fourth-order valence-corrected chi connectivity index (χ4v) is 4.15. The van der Waals surface area contributed by atoms with Crippen molar-refractivity contribution in [3.8, 4) is 11.3 Å². The zero-order valence-electron chi connectivity index (χ0n) is 21.5. The number of nitrogens with zero attached hydrogens (tertiary/aromatic N) is 3. The van der Waals surface area contributed by atoms with Crippen molar-refractivity contribution in [2.24, 2.45) is 0 Å². The van der Waals surface area contributed by atoms with Crippen LogP contribution in [0.3, 0.4) is 0 Å². The van der Waals surface area contributed by atoms with Gasteiger partial charge in [0.2, 0.25) is 16.0 Å². The summed E-state index contributed by atoms with van der Waals surface area (Å²) in [5.41, 5.74) is 0.144. The first-order valence-electron chi connectivity index (χ1n) is 11.6. The zero-order valence-corrected chi connectivity index (χ0v) is 22.3. The molecule has 0 unspecified atom stereocenters. The Hall–Kier alpha value is -3.93. The van der Waals surface area contributed by atoms with Crippen LogP contribution in [0.25, 0.3) is 11.3 Å². The number of carbonyl (C=O) groups excluding carboxylic acids is 1. The van der Waals surface area contributed by atoms with Crippen LogP contribution in [0.1, 0.15) is 26.3 Å². The molecule has 1 atom stereocenters. The first-order valence-corrected chi connectivity index (χ1v) is 13.5. The van der Waals surface area contributed by atoms with E-state index in [1.54, 1.807) is 44.9 Å². The molecule has 2 aromatic heterocycles. The number of pyridine rings is 1. The van der Waals surface area contributed by atoms with E-state index in [0.717, 1.165) is 11.8 Å². The van der Waals surface area contributed by atoms with E-state index >= 15 is 0 Å². The van der Waals surface area contributed by atoms with Gasteiger partial charge in [-0.1, -0.05) is 30.3 Å². The molecule has 1 aromatic carbocycles. The molecule has 11 nitrogen and oxygen atoms in total. The van der Waals surface area contributed by atoms with Gasteiger partial charge in [0.25, 0.3) is 5.56 Å². The predicted molar refractivity (Wildman–Crippen MR) is 143 cm³/mol. The first-order chi connectivity index (χ1) is 17.3. The number of ether oxygens (including phenoxy) is 1. The van der Waals surface area contributed by atoms with Gasteiger partial charge in [-0.25, -0.2) is 18.2 Å². The second-order valence-corrected chi connectivity index (χ2v) is 11.4. The van der Waals surface area contributed by atoms with Crippen molar-refractivity contribution >= 4 is 27.8 Å². The van der Waals surface area contributed by atoms with Crippen molar-refractivity contribution < 1.29 is 17.9 Å². The first kappa shape index (κ1) is 27.7. The van der Waals surface area contributed by atoms with E-state index in [2.05, 4.69) is 25.0 Å². The normalized spacial score (nSPS) is 12.5. The van der Waals surface area contributed by atoms with Crippen LogP contribution in [0.4, 0.5) is 16.4 Å². The molecule has 0 aliphatic rings. The average molecular weight is 529 g/mol. The fraction of sp³-hybridized carbons (Fsp3) is 0.360. The molecule has 2 heterocycles. The van der Waals surface area contributed by atoms with Crippen molar-refractivity contribution in [2.75, 3.05) is 29.5 Å². The summed E-state index contributed by atoms with van der Waals surface area (Å²) in [4.78, 5) is 38.4. The monoisotopic (exact) mass is 528 g/mol. The lowest BCUT2D eigenvalue weighted by Gasteiger charge is -2.27. The van der Waals surface area contributed by atoms with Crippen molar-refractivity contribution in [1.82, 2.24) is 20.3 Å². The van der Waals surface area contributed by atoms with Crippen LogP contribution in [-0.4, -0.2) is 61.0 Å². The SMILES string of the molecule is CN(C[C@H](Cc1ccccc1)NC(=O)OC(C)(C)C)c1nc(-c2ccncc2)c(NS(C)(=O)=O)c(=O)[nH]1. The van der Waals surface area contributed by atoms with Crippen LogP contribution in [0.5, 0.6) is 0 Å². The van der Waals surface area contributed by atoms with E-state index in [-0.39, 0.29) is 23.9 Å². The quantitative estimate of drug-likeness (QED) is 0.384. The highest BCUT2D eigenvalue weighted by molar-refractivity contribution is 7.92. The number of H-pyrrole nitrogens is 1. The maximum Gasteiger partial charge on any atom is 0.407 e. The van der Waals surface area contributed by atoms with Crippen molar-refractivity contribution in [3.05, 3.63) is 70.8 Å². The molecule has 0 spiro atoms. The molecule has 0 aliphatic heterocycles. The number of anilines is 2. The summed E-state index contributed by atoms with van der Waals surface area (Å²) in [6.45, 7) is 5.62. The topological polar surface area (TPSA) is 146 Å². The summed E-state index contributed by atoms with van der Waals surface area (Å²) in [6.07, 6.45) is 3.94. The number of hydrogen-bond acceptors (Lipinski definition) is 8. The average Bonchev–Trinajstić information content (AvgIpc) is 2.79. The van der Waals surface area contributed by atoms with Gasteiger partial charge in [0.15, 0.2) is 0 Å². The van der Waals surface area contributed by atoms with Gasteiger partial charge in [-0.3, -0.25) is 19.5 Å². The molecule has 12 heteroatoms. The molecular formula is C25H32N6O5S. The predicted octanol–water partition coefficient (Wildman–Crippen LogP) is 2.78. The van der Waals surface area contributed by atoms with Crippen LogP contribution in [0.15, 0.2) is 59.7 Å². The molecule has 0 bridgehead atoms. The van der Waals surface area contributed by atoms with Gasteiger partial charge < -0.3 is 15.0 Å². The van der Waals surface area contributed by atoms with Gasteiger partial charge in [-0.15, -0.1) is 0 Å². The second-order valence-electron chi connectivity index (χ2n) is 9.64. The smallest absolute Gasteiger partial charge is 0.407 e. The van der Waals surface area contributed by atoms with Gasteiger partial charge >= 0.3 is 6.09 Å². The molecule has 37 heavy (non-hydrogen) atoms. The van der Waals surface area contributed by atoms with E-state index in [1.807, 2.05) is 30.3 Å². The number of aromatic amines is 1. The number of rotatable bonds is 9. The molecule has 0 saturated heterocycles. The molecule has 0 radical (unpaired) electrons. The number of hydrogen-bond donors (Lipinski definition) is 3. The number of amides is 1. The Kier molecular flexibility index (Phi) is 8.53. The number of carbonyl (C=O) groups is 1. The van der Waals surface area contributed by atoms with Crippen LogP contribution in [0.2, 0.25) is 0 Å². The molecule has 3 rings (SSSR count). The number of alkyl carbamates (subject to hydrolysis) is 1. The van der Waals surface area contributed by atoms with Gasteiger partial charge in [0, 0.05) is 31.5 Å². The number of sulfonamides is 1. The summed E-state index contributed by atoms with van der Waals surface area (Å²) >= 11 is 0. The van der Waals surface area contributed by atoms with Crippen LogP contribution in [-0.2, 0) is 21.2 Å². The maximum atomic E-state index is 13.0. The molecule has 0 saturated carbocycles. The molecule has 0 fully saturated rings. The van der Waals surface area contributed by atoms with Crippen molar-refractivity contribution in [1.29, 1.82) is 0 Å². The van der Waals surface area contributed by atoms with Crippen LogP contribution < -0.4 is 20.5 Å². The van der Waals surface area contributed by atoms with E-state index < -0.39 is 33.3 Å². The van der Waals surface area contributed by atoms with Gasteiger partial charge in [0.1, 0.15) is 17.0 Å². The minimum absolute atomic E-state index is 0.151. The van der Waals surface area contributed by atoms with Crippen molar-refractivity contribution in [3.63, 3.8) is 0 Å². The summed E-state index contributed by atoms with van der Waals surface area (Å²) in [5, 5.41) is 2.90. The molecule has 0 aliphatic carbocycles. The Morgan fingerprint density at radius 1 is 1.14 bits per heavy atom. The third-order valence-electron chi connectivity index (χ3n) is 5.05. The van der Waals surface area contributed by atoms with Crippen LogP contribution >= 0.6 is 0 Å². The Bertz CT molecular complexity index is 1370. The number of benzene rings is 1. The van der Waals surface area contributed by atoms with Gasteiger partial charge in [-0.2, -0.15) is 0 Å². The summed E-state index contributed by atoms with van der Waals surface area (Å²) in [7, 11) is -2.03. The lowest BCUT2D eigenvalue weighted by atomic mass is 10.1. The molecule has 1 amide bonds. The third kappa shape index (κ3) is 8.60.